The number of aryl methyl sites for hydroxylation is 4. The SMILES string of the molecule is Cc1n[nH]c(C)c1-c1cccc(-c2c(C)noc2C)c1. The minimum Gasteiger partial charge on any atom is -0.361 e. The van der Waals surface area contributed by atoms with Gasteiger partial charge in [-0.1, -0.05) is 23.4 Å². The van der Waals surface area contributed by atoms with Gasteiger partial charge in [0.2, 0.25) is 0 Å². The van der Waals surface area contributed by atoms with Gasteiger partial charge in [0, 0.05) is 16.8 Å². The minimum absolute atomic E-state index is 0.847. The highest BCUT2D eigenvalue weighted by atomic mass is 16.5. The second kappa shape index (κ2) is 4.63. The lowest BCUT2D eigenvalue weighted by Crippen LogP contribution is -1.86. The zero-order valence-corrected chi connectivity index (χ0v) is 12.1. The lowest BCUT2D eigenvalue weighted by molar-refractivity contribution is 0.393. The van der Waals surface area contributed by atoms with Crippen molar-refractivity contribution in [1.82, 2.24) is 15.4 Å². The highest BCUT2D eigenvalue weighted by molar-refractivity contribution is 5.76. The van der Waals surface area contributed by atoms with Crippen LogP contribution in [0.1, 0.15) is 22.8 Å². The van der Waals surface area contributed by atoms with Crippen molar-refractivity contribution in [1.29, 1.82) is 0 Å². The van der Waals surface area contributed by atoms with Crippen LogP contribution in [0.5, 0.6) is 0 Å². The van der Waals surface area contributed by atoms with E-state index in [1.807, 2.05) is 27.7 Å². The Hall–Kier alpha value is -2.36. The molecular formula is C16H17N3O. The molecule has 0 aliphatic carbocycles. The number of nitrogens with zero attached hydrogens (tertiary/aromatic N) is 2. The molecule has 2 heterocycles. The molecule has 20 heavy (non-hydrogen) atoms. The van der Waals surface area contributed by atoms with Crippen LogP contribution in [0.4, 0.5) is 0 Å². The molecular weight excluding hydrogens is 250 g/mol. The van der Waals surface area contributed by atoms with Crippen LogP contribution in [0.15, 0.2) is 28.8 Å². The number of benzene rings is 1. The molecule has 0 amide bonds. The fourth-order valence-corrected chi connectivity index (χ4v) is 2.70. The van der Waals surface area contributed by atoms with Crippen LogP contribution in [0, 0.1) is 27.7 Å². The lowest BCUT2D eigenvalue weighted by atomic mass is 9.97. The van der Waals surface area contributed by atoms with Gasteiger partial charge >= 0.3 is 0 Å². The van der Waals surface area contributed by atoms with Crippen LogP contribution in [0.2, 0.25) is 0 Å². The summed E-state index contributed by atoms with van der Waals surface area (Å²) in [7, 11) is 0. The molecule has 0 aliphatic heterocycles. The molecule has 1 N–H and O–H groups in total. The van der Waals surface area contributed by atoms with Gasteiger partial charge < -0.3 is 4.52 Å². The molecule has 0 spiro atoms. The summed E-state index contributed by atoms with van der Waals surface area (Å²) in [6.45, 7) is 7.96. The first-order valence-corrected chi connectivity index (χ1v) is 6.63. The van der Waals surface area contributed by atoms with Gasteiger partial charge in [0.05, 0.1) is 11.4 Å². The predicted molar refractivity (Wildman–Crippen MR) is 78.5 cm³/mol. The zero-order chi connectivity index (χ0) is 14.3. The van der Waals surface area contributed by atoms with Crippen molar-refractivity contribution < 1.29 is 4.52 Å². The molecule has 2 aromatic heterocycles. The molecule has 0 aliphatic rings. The number of rotatable bonds is 2. The second-order valence-electron chi connectivity index (χ2n) is 5.09. The molecule has 0 saturated carbocycles. The van der Waals surface area contributed by atoms with E-state index in [0.29, 0.717) is 0 Å². The van der Waals surface area contributed by atoms with Crippen molar-refractivity contribution in [2.75, 3.05) is 0 Å². The topological polar surface area (TPSA) is 54.7 Å². The summed E-state index contributed by atoms with van der Waals surface area (Å²) in [5.74, 6) is 0.847. The van der Waals surface area contributed by atoms with Gasteiger partial charge in [-0.15, -0.1) is 0 Å². The number of H-pyrrole nitrogens is 1. The standard InChI is InChI=1S/C16H17N3O/c1-9-15(10(2)18-17-9)13-6-5-7-14(8-13)16-11(3)19-20-12(16)4/h5-8H,1-4H3,(H,17,18). The molecule has 0 bridgehead atoms. The molecule has 0 atom stereocenters. The number of aromatic nitrogens is 3. The fraction of sp³-hybridized carbons (Fsp3) is 0.250. The Balaban J connectivity index is 2.16. The van der Waals surface area contributed by atoms with Crippen LogP contribution in [-0.4, -0.2) is 15.4 Å². The summed E-state index contributed by atoms with van der Waals surface area (Å²) >= 11 is 0. The lowest BCUT2D eigenvalue weighted by Gasteiger charge is -2.05. The number of aromatic amines is 1. The Morgan fingerprint density at radius 1 is 0.950 bits per heavy atom. The smallest absolute Gasteiger partial charge is 0.141 e. The van der Waals surface area contributed by atoms with Crippen molar-refractivity contribution in [2.24, 2.45) is 0 Å². The van der Waals surface area contributed by atoms with Crippen LogP contribution < -0.4 is 0 Å². The van der Waals surface area contributed by atoms with Crippen molar-refractivity contribution in [3.05, 3.63) is 47.1 Å². The van der Waals surface area contributed by atoms with E-state index in [2.05, 4.69) is 39.6 Å². The molecule has 102 valence electrons. The molecule has 0 unspecified atom stereocenters. The average molecular weight is 267 g/mol. The summed E-state index contributed by atoms with van der Waals surface area (Å²) in [6.07, 6.45) is 0. The van der Waals surface area contributed by atoms with Gasteiger partial charge in [-0.3, -0.25) is 5.10 Å². The van der Waals surface area contributed by atoms with Crippen LogP contribution in [0.25, 0.3) is 22.3 Å². The molecule has 3 rings (SSSR count). The van der Waals surface area contributed by atoms with E-state index in [9.17, 15) is 0 Å². The molecule has 3 aromatic rings. The first-order chi connectivity index (χ1) is 9.58. The Labute approximate surface area is 117 Å². The quantitative estimate of drug-likeness (QED) is 0.764. The predicted octanol–water partition coefficient (Wildman–Crippen LogP) is 3.97. The highest BCUT2D eigenvalue weighted by Gasteiger charge is 2.14. The monoisotopic (exact) mass is 267 g/mol. The van der Waals surface area contributed by atoms with Crippen molar-refractivity contribution in [3.8, 4) is 22.3 Å². The Kier molecular flexibility index (Phi) is 2.93. The maximum atomic E-state index is 5.26. The maximum Gasteiger partial charge on any atom is 0.141 e. The summed E-state index contributed by atoms with van der Waals surface area (Å²) in [6, 6.07) is 8.41. The van der Waals surface area contributed by atoms with Crippen LogP contribution in [0.3, 0.4) is 0 Å². The van der Waals surface area contributed by atoms with Crippen molar-refractivity contribution in [3.63, 3.8) is 0 Å². The van der Waals surface area contributed by atoms with Crippen molar-refractivity contribution >= 4 is 0 Å². The van der Waals surface area contributed by atoms with Crippen LogP contribution in [-0.2, 0) is 0 Å². The van der Waals surface area contributed by atoms with Gasteiger partial charge in [0.1, 0.15) is 5.76 Å². The summed E-state index contributed by atoms with van der Waals surface area (Å²) < 4.78 is 5.26. The van der Waals surface area contributed by atoms with E-state index >= 15 is 0 Å². The molecule has 4 heteroatoms. The second-order valence-corrected chi connectivity index (χ2v) is 5.09. The summed E-state index contributed by atoms with van der Waals surface area (Å²) in [5.41, 5.74) is 7.53. The maximum absolute atomic E-state index is 5.26. The van der Waals surface area contributed by atoms with E-state index in [-0.39, 0.29) is 0 Å². The first-order valence-electron chi connectivity index (χ1n) is 6.63. The third-order valence-corrected chi connectivity index (χ3v) is 3.60. The summed E-state index contributed by atoms with van der Waals surface area (Å²) in [4.78, 5) is 0. The largest absolute Gasteiger partial charge is 0.361 e. The normalized spacial score (nSPS) is 11.0. The molecule has 1 aromatic carbocycles. The van der Waals surface area contributed by atoms with Gasteiger partial charge in [0.25, 0.3) is 0 Å². The van der Waals surface area contributed by atoms with Gasteiger partial charge in [0.15, 0.2) is 0 Å². The number of hydrogen-bond donors (Lipinski definition) is 1. The van der Waals surface area contributed by atoms with E-state index in [1.165, 1.54) is 5.56 Å². The average Bonchev–Trinajstić information content (AvgIpc) is 2.93. The molecule has 4 nitrogen and oxygen atoms in total. The van der Waals surface area contributed by atoms with E-state index in [0.717, 1.165) is 39.5 Å². The minimum atomic E-state index is 0.847. The highest BCUT2D eigenvalue weighted by Crippen LogP contribution is 2.32. The molecule has 0 radical (unpaired) electrons. The zero-order valence-electron chi connectivity index (χ0n) is 12.1. The molecule has 0 saturated heterocycles. The van der Waals surface area contributed by atoms with Gasteiger partial charge in [-0.05, 0) is 44.9 Å². The number of nitrogens with one attached hydrogen (secondary N) is 1. The Bertz CT molecular complexity index is 667. The van der Waals surface area contributed by atoms with E-state index in [4.69, 9.17) is 4.52 Å². The van der Waals surface area contributed by atoms with Gasteiger partial charge in [-0.2, -0.15) is 5.10 Å². The van der Waals surface area contributed by atoms with E-state index in [1.54, 1.807) is 0 Å². The Morgan fingerprint density at radius 2 is 1.65 bits per heavy atom. The molecule has 0 fully saturated rings. The summed E-state index contributed by atoms with van der Waals surface area (Å²) in [5, 5.41) is 11.3. The van der Waals surface area contributed by atoms with Crippen LogP contribution >= 0.6 is 0 Å². The third-order valence-electron chi connectivity index (χ3n) is 3.60. The van der Waals surface area contributed by atoms with Gasteiger partial charge in [-0.25, -0.2) is 0 Å². The number of hydrogen-bond acceptors (Lipinski definition) is 3. The first kappa shape index (κ1) is 12.7. The Morgan fingerprint density at radius 3 is 2.20 bits per heavy atom. The third kappa shape index (κ3) is 1.93. The van der Waals surface area contributed by atoms with Crippen molar-refractivity contribution in [2.45, 2.75) is 27.7 Å². The van der Waals surface area contributed by atoms with E-state index < -0.39 is 0 Å². The fourth-order valence-electron chi connectivity index (χ4n) is 2.70.